The third-order valence-electron chi connectivity index (χ3n) is 1.13. The molecule has 0 spiro atoms. The molecule has 12 heavy (non-hydrogen) atoms. The second-order valence-electron chi connectivity index (χ2n) is 1.80. The zero-order valence-electron chi connectivity index (χ0n) is 7.78. The molecule has 2 heteroatoms. The molecular weight excluding hydrogens is 148 g/mol. The first-order valence-corrected chi connectivity index (χ1v) is 4.02. The Morgan fingerprint density at radius 2 is 2.25 bits per heavy atom. The van der Waals surface area contributed by atoms with Gasteiger partial charge in [0, 0.05) is 6.04 Å². The summed E-state index contributed by atoms with van der Waals surface area (Å²) in [5.74, 6) is 0. The molecule has 0 aliphatic rings. The maximum absolute atomic E-state index is 5.14. The summed E-state index contributed by atoms with van der Waals surface area (Å²) >= 11 is 0. The molecule has 0 atom stereocenters. The fourth-order valence-electron chi connectivity index (χ4n) is 0.718. The van der Waals surface area contributed by atoms with Gasteiger partial charge < -0.3 is 0 Å². The van der Waals surface area contributed by atoms with Crippen molar-refractivity contribution in [3.63, 3.8) is 0 Å². The van der Waals surface area contributed by atoms with Crippen LogP contribution in [0.5, 0.6) is 0 Å². The van der Waals surface area contributed by atoms with Gasteiger partial charge in [-0.15, -0.1) is 0 Å². The Morgan fingerprint density at radius 3 is 2.75 bits per heavy atom. The van der Waals surface area contributed by atoms with Crippen LogP contribution in [0.1, 0.15) is 26.5 Å². The highest BCUT2D eigenvalue weighted by Gasteiger charge is 1.91. The molecule has 0 radical (unpaired) electrons. The smallest absolute Gasteiger partial charge is 0.0758 e. The molecule has 0 fully saturated rings. The molecule has 0 aliphatic heterocycles. The molecule has 64 valence electrons. The summed E-state index contributed by atoms with van der Waals surface area (Å²) in [6.07, 6.45) is 10.6. The first-order valence-electron chi connectivity index (χ1n) is 4.02. The van der Waals surface area contributed by atoms with Crippen molar-refractivity contribution in [2.75, 3.05) is 0 Å². The summed E-state index contributed by atoms with van der Waals surface area (Å²) in [6, 6.07) is 4.28. The van der Waals surface area contributed by atoms with E-state index in [0.717, 1.165) is 5.69 Å². The molecule has 0 amide bonds. The highest BCUT2D eigenvalue weighted by molar-refractivity contribution is 5.44. The first-order chi connectivity index (χ1) is 5.88. The van der Waals surface area contributed by atoms with Gasteiger partial charge in [-0.25, -0.2) is 0 Å². The van der Waals surface area contributed by atoms with Crippen LogP contribution in [-0.2, 0) is 0 Å². The van der Waals surface area contributed by atoms with Crippen molar-refractivity contribution in [2.45, 2.75) is 20.8 Å². The third-order valence-corrected chi connectivity index (χ3v) is 1.13. The van der Waals surface area contributed by atoms with Crippen LogP contribution in [0.3, 0.4) is 0 Å². The average molecular weight is 162 g/mol. The minimum absolute atomic E-state index is 0.935. The fourth-order valence-corrected chi connectivity index (χ4v) is 0.718. The van der Waals surface area contributed by atoms with Crippen LogP contribution >= 0.6 is 0 Å². The van der Waals surface area contributed by atoms with Gasteiger partial charge in [-0.05, 0) is 19.1 Å². The van der Waals surface area contributed by atoms with Crippen molar-refractivity contribution in [1.82, 2.24) is 9.78 Å². The quantitative estimate of drug-likeness (QED) is 0.580. The number of hydrogen-bond donors (Lipinski definition) is 0. The highest BCUT2D eigenvalue weighted by Crippen LogP contribution is 1.98. The number of hydrogen-bond acceptors (Lipinski definition) is 1. The summed E-state index contributed by atoms with van der Waals surface area (Å²) in [7, 11) is 0. The molecule has 0 aromatic carbocycles. The Kier molecular flexibility index (Phi) is 5.46. The van der Waals surface area contributed by atoms with Gasteiger partial charge in [-0.3, -0.25) is 0 Å². The number of nitrogens with zero attached hydrogens (tertiary/aromatic N) is 2. The summed E-state index contributed by atoms with van der Waals surface area (Å²) in [6.45, 7) is 5.94. The van der Waals surface area contributed by atoms with Gasteiger partial charge in [-0.2, -0.15) is 9.78 Å². The zero-order chi connectivity index (χ0) is 9.40. The zero-order valence-corrected chi connectivity index (χ0v) is 7.78. The number of rotatable bonds is 1. The average Bonchev–Trinajstić information content (AvgIpc) is 2.56. The van der Waals surface area contributed by atoms with Gasteiger partial charge in [0.2, 0.25) is 0 Å². The van der Waals surface area contributed by atoms with E-state index in [1.165, 1.54) is 4.68 Å². The van der Waals surface area contributed by atoms with Crippen LogP contribution in [0.15, 0.2) is 18.3 Å². The van der Waals surface area contributed by atoms with E-state index >= 15 is 0 Å². The standard InChI is InChI=1S/C8H8N2.C2H6/c1-3-5-8-6-7-9-10(8)4-2;1-2/h2-3,5-7H,1H3;1-2H3/b5-3-;. The molecule has 0 aliphatic carbocycles. The molecule has 0 N–H and O–H groups in total. The Balaban J connectivity index is 0.000000561. The molecule has 0 saturated carbocycles. The topological polar surface area (TPSA) is 17.8 Å². The Morgan fingerprint density at radius 1 is 1.58 bits per heavy atom. The van der Waals surface area contributed by atoms with Crippen molar-refractivity contribution in [3.05, 3.63) is 24.0 Å². The van der Waals surface area contributed by atoms with Gasteiger partial charge in [-0.1, -0.05) is 26.3 Å². The number of terminal acetylenes is 1. The van der Waals surface area contributed by atoms with Crippen LogP contribution in [0, 0.1) is 12.5 Å². The second kappa shape index (κ2) is 6.23. The maximum atomic E-state index is 5.14. The Labute approximate surface area is 73.9 Å². The molecule has 0 bridgehead atoms. The Bertz CT molecular complexity index is 276. The summed E-state index contributed by atoms with van der Waals surface area (Å²) in [5.41, 5.74) is 0.935. The predicted octanol–water partition coefficient (Wildman–Crippen LogP) is 2.38. The molecule has 1 aromatic heterocycles. The fraction of sp³-hybridized carbons (Fsp3) is 0.300. The monoisotopic (exact) mass is 162 g/mol. The van der Waals surface area contributed by atoms with Crippen LogP contribution in [0.4, 0.5) is 0 Å². The van der Waals surface area contributed by atoms with Crippen molar-refractivity contribution >= 4 is 6.08 Å². The lowest BCUT2D eigenvalue weighted by atomic mass is 10.4. The molecule has 2 nitrogen and oxygen atoms in total. The molecule has 0 unspecified atom stereocenters. The summed E-state index contributed by atoms with van der Waals surface area (Å²) in [5, 5.41) is 3.88. The van der Waals surface area contributed by atoms with E-state index in [1.54, 1.807) is 6.20 Å². The van der Waals surface area contributed by atoms with E-state index in [9.17, 15) is 0 Å². The highest BCUT2D eigenvalue weighted by atomic mass is 15.3. The SMILES string of the molecule is C#Cn1nccc1/C=C\C.CC. The van der Waals surface area contributed by atoms with E-state index in [4.69, 9.17) is 6.42 Å². The number of aromatic nitrogens is 2. The lowest BCUT2D eigenvalue weighted by Gasteiger charge is -1.89. The molecule has 0 saturated heterocycles. The van der Waals surface area contributed by atoms with Crippen molar-refractivity contribution in [1.29, 1.82) is 0 Å². The Hall–Kier alpha value is -1.49. The molecule has 1 heterocycles. The van der Waals surface area contributed by atoms with E-state index in [2.05, 4.69) is 11.1 Å². The lowest BCUT2D eigenvalue weighted by molar-refractivity contribution is 0.907. The lowest BCUT2D eigenvalue weighted by Crippen LogP contribution is -1.91. The predicted molar refractivity (Wildman–Crippen MR) is 52.5 cm³/mol. The second-order valence-corrected chi connectivity index (χ2v) is 1.80. The van der Waals surface area contributed by atoms with Crippen molar-refractivity contribution in [3.8, 4) is 12.5 Å². The van der Waals surface area contributed by atoms with Gasteiger partial charge in [0.25, 0.3) is 0 Å². The van der Waals surface area contributed by atoms with E-state index < -0.39 is 0 Å². The van der Waals surface area contributed by atoms with E-state index in [0.29, 0.717) is 0 Å². The van der Waals surface area contributed by atoms with Gasteiger partial charge in [0.1, 0.15) is 0 Å². The van der Waals surface area contributed by atoms with Gasteiger partial charge in [0.05, 0.1) is 11.9 Å². The van der Waals surface area contributed by atoms with Crippen LogP contribution < -0.4 is 0 Å². The minimum Gasteiger partial charge on any atom is -0.190 e. The normalized spacial score (nSPS) is 8.83. The molecular formula is C10H14N2. The largest absolute Gasteiger partial charge is 0.190 e. The molecule has 1 rings (SSSR count). The van der Waals surface area contributed by atoms with Crippen LogP contribution in [0.25, 0.3) is 6.08 Å². The van der Waals surface area contributed by atoms with Gasteiger partial charge >= 0.3 is 0 Å². The molecule has 1 aromatic rings. The third kappa shape index (κ3) is 2.63. The van der Waals surface area contributed by atoms with Crippen molar-refractivity contribution < 1.29 is 0 Å². The minimum atomic E-state index is 0.935. The summed E-state index contributed by atoms with van der Waals surface area (Å²) in [4.78, 5) is 0. The van der Waals surface area contributed by atoms with Crippen molar-refractivity contribution in [2.24, 2.45) is 0 Å². The maximum Gasteiger partial charge on any atom is 0.0758 e. The van der Waals surface area contributed by atoms with E-state index in [1.807, 2.05) is 39.0 Å². The van der Waals surface area contributed by atoms with Gasteiger partial charge in [0.15, 0.2) is 0 Å². The van der Waals surface area contributed by atoms with E-state index in [-0.39, 0.29) is 0 Å². The first kappa shape index (κ1) is 10.5. The van der Waals surface area contributed by atoms with Crippen LogP contribution in [0.2, 0.25) is 0 Å². The van der Waals surface area contributed by atoms with Crippen LogP contribution in [-0.4, -0.2) is 9.78 Å². The number of allylic oxidation sites excluding steroid dienone is 1. The summed E-state index contributed by atoms with van der Waals surface area (Å²) < 4.78 is 1.49.